The summed E-state index contributed by atoms with van der Waals surface area (Å²) in [5, 5.41) is 0. The SMILES string of the molecule is COC(=O)CN1C(=O)[C@H](OCc2ccccc2)[C@@H]1C(C)(C)C(C)=O. The predicted molar refractivity (Wildman–Crippen MR) is 87.0 cm³/mol. The van der Waals surface area contributed by atoms with Crippen molar-refractivity contribution in [2.75, 3.05) is 13.7 Å². The molecule has 0 aromatic heterocycles. The molecule has 6 nitrogen and oxygen atoms in total. The van der Waals surface area contributed by atoms with E-state index in [0.717, 1.165) is 5.56 Å². The van der Waals surface area contributed by atoms with E-state index in [2.05, 4.69) is 4.74 Å². The lowest BCUT2D eigenvalue weighted by molar-refractivity contribution is -0.191. The molecule has 1 aliphatic heterocycles. The molecule has 2 rings (SSSR count). The van der Waals surface area contributed by atoms with Gasteiger partial charge in [0, 0.05) is 5.41 Å². The van der Waals surface area contributed by atoms with Gasteiger partial charge in [-0.25, -0.2) is 0 Å². The number of rotatable bonds is 7. The summed E-state index contributed by atoms with van der Waals surface area (Å²) in [7, 11) is 1.26. The average molecular weight is 333 g/mol. The summed E-state index contributed by atoms with van der Waals surface area (Å²) in [6.45, 7) is 5.09. The van der Waals surface area contributed by atoms with E-state index >= 15 is 0 Å². The van der Waals surface area contributed by atoms with Gasteiger partial charge < -0.3 is 14.4 Å². The van der Waals surface area contributed by atoms with E-state index in [4.69, 9.17) is 4.74 Å². The Balaban J connectivity index is 2.15. The van der Waals surface area contributed by atoms with Crippen molar-refractivity contribution in [2.24, 2.45) is 5.41 Å². The number of Topliss-reactive ketones (excluding diaryl/α,β-unsaturated/α-hetero) is 1. The Morgan fingerprint density at radius 3 is 2.38 bits per heavy atom. The van der Waals surface area contributed by atoms with Gasteiger partial charge in [0.15, 0.2) is 6.10 Å². The molecule has 1 aromatic carbocycles. The number of hydrogen-bond acceptors (Lipinski definition) is 5. The quantitative estimate of drug-likeness (QED) is 0.559. The summed E-state index contributed by atoms with van der Waals surface area (Å²) in [4.78, 5) is 37.3. The van der Waals surface area contributed by atoms with Crippen LogP contribution in [0.1, 0.15) is 26.3 Å². The minimum Gasteiger partial charge on any atom is -0.468 e. The third-order valence-electron chi connectivity index (χ3n) is 4.60. The zero-order valence-corrected chi connectivity index (χ0v) is 14.4. The first-order chi connectivity index (χ1) is 11.3. The molecule has 1 fully saturated rings. The third kappa shape index (κ3) is 3.48. The van der Waals surface area contributed by atoms with Crippen LogP contribution in [0.4, 0.5) is 0 Å². The molecule has 6 heteroatoms. The van der Waals surface area contributed by atoms with Crippen LogP contribution in [-0.4, -0.2) is 48.4 Å². The lowest BCUT2D eigenvalue weighted by Gasteiger charge is -2.52. The van der Waals surface area contributed by atoms with Gasteiger partial charge in [-0.2, -0.15) is 0 Å². The highest BCUT2D eigenvalue weighted by molar-refractivity contribution is 5.95. The Morgan fingerprint density at radius 1 is 1.21 bits per heavy atom. The molecule has 1 saturated heterocycles. The number of β-lactam (4-membered cyclic amide) rings is 1. The molecule has 24 heavy (non-hydrogen) atoms. The zero-order valence-electron chi connectivity index (χ0n) is 14.4. The lowest BCUT2D eigenvalue weighted by Crippen LogP contribution is -2.72. The van der Waals surface area contributed by atoms with Crippen LogP contribution in [0.3, 0.4) is 0 Å². The standard InChI is InChI=1S/C18H23NO5/c1-12(20)18(2,3)16-15(17(22)19(16)10-14(21)23-4)24-11-13-8-6-5-7-9-13/h5-9,15-16H,10-11H2,1-4H3/t15-,16-/m1/s1. The maximum atomic E-state index is 12.4. The molecule has 0 bridgehead atoms. The van der Waals surface area contributed by atoms with Crippen LogP contribution in [0.25, 0.3) is 0 Å². The summed E-state index contributed by atoms with van der Waals surface area (Å²) >= 11 is 0. The largest absolute Gasteiger partial charge is 0.468 e. The Hall–Kier alpha value is -2.21. The van der Waals surface area contributed by atoms with Crippen LogP contribution in [0, 0.1) is 5.41 Å². The average Bonchev–Trinajstić information content (AvgIpc) is 2.56. The smallest absolute Gasteiger partial charge is 0.325 e. The van der Waals surface area contributed by atoms with Gasteiger partial charge in [-0.3, -0.25) is 14.4 Å². The van der Waals surface area contributed by atoms with E-state index in [1.807, 2.05) is 30.3 Å². The number of esters is 1. The molecule has 0 unspecified atom stereocenters. The molecule has 2 atom stereocenters. The molecule has 1 amide bonds. The lowest BCUT2D eigenvalue weighted by atomic mass is 9.72. The maximum absolute atomic E-state index is 12.4. The zero-order chi connectivity index (χ0) is 17.9. The highest BCUT2D eigenvalue weighted by Gasteiger charge is 2.57. The molecule has 0 spiro atoms. The summed E-state index contributed by atoms with van der Waals surface area (Å²) in [5.41, 5.74) is 0.125. The number of amides is 1. The van der Waals surface area contributed by atoms with E-state index in [1.54, 1.807) is 13.8 Å². The molecule has 0 N–H and O–H groups in total. The summed E-state index contributed by atoms with van der Waals surface area (Å²) in [5.74, 6) is -0.881. The van der Waals surface area contributed by atoms with Crippen molar-refractivity contribution in [3.05, 3.63) is 35.9 Å². The number of benzene rings is 1. The van der Waals surface area contributed by atoms with Crippen LogP contribution in [0.5, 0.6) is 0 Å². The summed E-state index contributed by atoms with van der Waals surface area (Å²) in [6, 6.07) is 8.99. The van der Waals surface area contributed by atoms with Crippen molar-refractivity contribution in [3.63, 3.8) is 0 Å². The minimum atomic E-state index is -0.816. The molecule has 1 aliphatic rings. The molecule has 130 valence electrons. The highest BCUT2D eigenvalue weighted by atomic mass is 16.5. The predicted octanol–water partition coefficient (Wildman–Crippen LogP) is 1.57. The van der Waals surface area contributed by atoms with E-state index < -0.39 is 23.5 Å². The van der Waals surface area contributed by atoms with Crippen molar-refractivity contribution >= 4 is 17.7 Å². The fourth-order valence-corrected chi connectivity index (χ4v) is 2.80. The van der Waals surface area contributed by atoms with Crippen LogP contribution >= 0.6 is 0 Å². The van der Waals surface area contributed by atoms with Crippen molar-refractivity contribution in [1.82, 2.24) is 4.90 Å². The molecule has 0 saturated carbocycles. The molecule has 1 aromatic rings. The van der Waals surface area contributed by atoms with Gasteiger partial charge in [0.1, 0.15) is 12.3 Å². The van der Waals surface area contributed by atoms with Gasteiger partial charge in [0.25, 0.3) is 5.91 Å². The van der Waals surface area contributed by atoms with Gasteiger partial charge in [0.05, 0.1) is 19.8 Å². The van der Waals surface area contributed by atoms with Crippen molar-refractivity contribution in [1.29, 1.82) is 0 Å². The topological polar surface area (TPSA) is 72.9 Å². The molecular formula is C18H23NO5. The molecule has 0 radical (unpaired) electrons. The molecule has 0 aliphatic carbocycles. The van der Waals surface area contributed by atoms with Crippen LogP contribution < -0.4 is 0 Å². The number of nitrogens with zero attached hydrogens (tertiary/aromatic N) is 1. The Morgan fingerprint density at radius 2 is 1.83 bits per heavy atom. The second-order valence-corrected chi connectivity index (χ2v) is 6.48. The van der Waals surface area contributed by atoms with E-state index in [1.165, 1.54) is 18.9 Å². The van der Waals surface area contributed by atoms with Gasteiger partial charge >= 0.3 is 5.97 Å². The minimum absolute atomic E-state index is 0.0665. The maximum Gasteiger partial charge on any atom is 0.325 e. The second kappa shape index (κ2) is 7.13. The van der Waals surface area contributed by atoms with Crippen molar-refractivity contribution in [2.45, 2.75) is 39.5 Å². The summed E-state index contributed by atoms with van der Waals surface area (Å²) in [6.07, 6.45) is -0.742. The number of carbonyl (C=O) groups excluding carboxylic acids is 3. The van der Waals surface area contributed by atoms with Crippen molar-refractivity contribution < 1.29 is 23.9 Å². The molecular weight excluding hydrogens is 310 g/mol. The van der Waals surface area contributed by atoms with Crippen LogP contribution in [0.15, 0.2) is 30.3 Å². The number of hydrogen-bond donors (Lipinski definition) is 0. The second-order valence-electron chi connectivity index (χ2n) is 6.48. The van der Waals surface area contributed by atoms with Crippen LogP contribution in [-0.2, 0) is 30.5 Å². The fraction of sp³-hybridized carbons (Fsp3) is 0.500. The highest BCUT2D eigenvalue weighted by Crippen LogP contribution is 2.38. The van der Waals surface area contributed by atoms with Crippen molar-refractivity contribution in [3.8, 4) is 0 Å². The van der Waals surface area contributed by atoms with E-state index in [9.17, 15) is 14.4 Å². The third-order valence-corrected chi connectivity index (χ3v) is 4.60. The number of likely N-dealkylation sites (tertiary alicyclic amines) is 1. The Labute approximate surface area is 141 Å². The van der Waals surface area contributed by atoms with Gasteiger partial charge in [0.2, 0.25) is 0 Å². The van der Waals surface area contributed by atoms with Gasteiger partial charge in [-0.1, -0.05) is 44.2 Å². The molecule has 1 heterocycles. The van der Waals surface area contributed by atoms with Gasteiger partial charge in [-0.05, 0) is 12.5 Å². The number of methoxy groups -OCH3 is 1. The monoisotopic (exact) mass is 333 g/mol. The van der Waals surface area contributed by atoms with E-state index in [-0.39, 0.29) is 24.8 Å². The number of ether oxygens (including phenoxy) is 2. The fourth-order valence-electron chi connectivity index (χ4n) is 2.80. The van der Waals surface area contributed by atoms with E-state index in [0.29, 0.717) is 0 Å². The summed E-state index contributed by atoms with van der Waals surface area (Å²) < 4.78 is 10.4. The van der Waals surface area contributed by atoms with Gasteiger partial charge in [-0.15, -0.1) is 0 Å². The Kier molecular flexibility index (Phi) is 5.39. The number of carbonyl (C=O) groups is 3. The first-order valence-electron chi connectivity index (χ1n) is 7.83. The number of ketones is 1. The first kappa shape index (κ1) is 18.1. The first-order valence-corrected chi connectivity index (χ1v) is 7.83. The normalized spacial score (nSPS) is 20.5. The Bertz CT molecular complexity index is 626. The van der Waals surface area contributed by atoms with Crippen LogP contribution in [0.2, 0.25) is 0 Å².